The molecule has 0 saturated carbocycles. The van der Waals surface area contributed by atoms with E-state index in [9.17, 15) is 0 Å². The zero-order chi connectivity index (χ0) is 8.27. The minimum Gasteiger partial charge on any atom is -0.396 e. The third-order valence-corrected chi connectivity index (χ3v) is 2.81. The quantitative estimate of drug-likeness (QED) is 0.828. The predicted molar refractivity (Wildman–Crippen MR) is 57.6 cm³/mol. The molecule has 0 spiro atoms. The molecular formula is C8H8BrIO. The van der Waals surface area contributed by atoms with E-state index in [1.54, 1.807) is 0 Å². The van der Waals surface area contributed by atoms with E-state index in [0.29, 0.717) is 0 Å². The fourth-order valence-corrected chi connectivity index (χ4v) is 2.34. The molecule has 0 aliphatic heterocycles. The lowest BCUT2D eigenvalue weighted by molar-refractivity contribution is 0.299. The second-order valence-corrected chi connectivity index (χ2v) is 4.31. The molecule has 0 bridgehead atoms. The molecule has 0 atom stereocenters. The molecule has 0 aliphatic rings. The summed E-state index contributed by atoms with van der Waals surface area (Å²) in [6.45, 7) is 0.208. The number of rotatable bonds is 2. The average Bonchev–Trinajstić information content (AvgIpc) is 1.95. The maximum atomic E-state index is 8.69. The first-order valence-electron chi connectivity index (χ1n) is 3.29. The van der Waals surface area contributed by atoms with Crippen molar-refractivity contribution in [3.8, 4) is 0 Å². The molecule has 1 N–H and O–H groups in total. The largest absolute Gasteiger partial charge is 0.396 e. The molecule has 1 nitrogen and oxygen atoms in total. The van der Waals surface area contributed by atoms with Gasteiger partial charge in [0.15, 0.2) is 0 Å². The number of halogens is 2. The van der Waals surface area contributed by atoms with Crippen molar-refractivity contribution in [3.63, 3.8) is 0 Å². The van der Waals surface area contributed by atoms with Crippen LogP contribution in [0.4, 0.5) is 0 Å². The lowest BCUT2D eigenvalue weighted by atomic mass is 10.2. The van der Waals surface area contributed by atoms with Crippen molar-refractivity contribution in [1.82, 2.24) is 0 Å². The Kier molecular flexibility index (Phi) is 3.81. The number of hydrogen-bond acceptors (Lipinski definition) is 1. The van der Waals surface area contributed by atoms with E-state index < -0.39 is 0 Å². The van der Waals surface area contributed by atoms with Gasteiger partial charge in [-0.1, -0.05) is 22.0 Å². The minimum absolute atomic E-state index is 0.208. The van der Waals surface area contributed by atoms with Crippen LogP contribution >= 0.6 is 38.5 Å². The van der Waals surface area contributed by atoms with Crippen LogP contribution < -0.4 is 0 Å². The van der Waals surface area contributed by atoms with Crippen molar-refractivity contribution in [3.05, 3.63) is 31.8 Å². The van der Waals surface area contributed by atoms with Crippen LogP contribution in [-0.2, 0) is 6.42 Å². The van der Waals surface area contributed by atoms with Crippen LogP contribution in [0.5, 0.6) is 0 Å². The monoisotopic (exact) mass is 326 g/mol. The summed E-state index contributed by atoms with van der Waals surface area (Å²) in [5.41, 5.74) is 1.16. The molecule has 3 heteroatoms. The third kappa shape index (κ3) is 2.72. The molecule has 0 aromatic heterocycles. The average molecular weight is 327 g/mol. The lowest BCUT2D eigenvalue weighted by Crippen LogP contribution is -1.91. The van der Waals surface area contributed by atoms with E-state index in [-0.39, 0.29) is 6.61 Å². The van der Waals surface area contributed by atoms with Crippen LogP contribution in [0.1, 0.15) is 5.56 Å². The van der Waals surface area contributed by atoms with E-state index >= 15 is 0 Å². The topological polar surface area (TPSA) is 20.2 Å². The molecule has 0 unspecified atom stereocenters. The van der Waals surface area contributed by atoms with Gasteiger partial charge in [0.25, 0.3) is 0 Å². The van der Waals surface area contributed by atoms with Crippen molar-refractivity contribution >= 4 is 38.5 Å². The van der Waals surface area contributed by atoms with Gasteiger partial charge in [-0.15, -0.1) is 0 Å². The Labute approximate surface area is 88.1 Å². The van der Waals surface area contributed by atoms with Gasteiger partial charge in [0, 0.05) is 14.6 Å². The molecule has 0 fully saturated rings. The first-order chi connectivity index (χ1) is 5.24. The molecule has 60 valence electrons. The maximum absolute atomic E-state index is 8.69. The zero-order valence-corrected chi connectivity index (χ0v) is 9.59. The second-order valence-electron chi connectivity index (χ2n) is 2.21. The Morgan fingerprint density at radius 3 is 2.73 bits per heavy atom. The van der Waals surface area contributed by atoms with Gasteiger partial charge < -0.3 is 5.11 Å². The smallest absolute Gasteiger partial charge is 0.0471 e. The Balaban J connectivity index is 2.90. The van der Waals surface area contributed by atoms with Gasteiger partial charge in [0.1, 0.15) is 0 Å². The normalized spacial score (nSPS) is 10.1. The van der Waals surface area contributed by atoms with Crippen LogP contribution in [0.2, 0.25) is 0 Å². The Morgan fingerprint density at radius 1 is 1.45 bits per heavy atom. The van der Waals surface area contributed by atoms with Crippen LogP contribution in [0, 0.1) is 3.57 Å². The molecular weight excluding hydrogens is 319 g/mol. The summed E-state index contributed by atoms with van der Waals surface area (Å²) in [6, 6.07) is 6.12. The van der Waals surface area contributed by atoms with Gasteiger partial charge in [-0.2, -0.15) is 0 Å². The van der Waals surface area contributed by atoms with Gasteiger partial charge in [0.05, 0.1) is 0 Å². The standard InChI is InChI=1S/C8H8BrIO/c9-8-5-7(10)2-1-6(8)3-4-11/h1-2,5,11H,3-4H2. The highest BCUT2D eigenvalue weighted by Gasteiger charge is 1.98. The number of benzene rings is 1. The zero-order valence-electron chi connectivity index (χ0n) is 5.85. The van der Waals surface area contributed by atoms with E-state index in [4.69, 9.17) is 5.11 Å². The molecule has 0 heterocycles. The van der Waals surface area contributed by atoms with Gasteiger partial charge in [0.2, 0.25) is 0 Å². The Morgan fingerprint density at radius 2 is 2.18 bits per heavy atom. The molecule has 0 radical (unpaired) electrons. The summed E-state index contributed by atoms with van der Waals surface area (Å²) in [7, 11) is 0. The van der Waals surface area contributed by atoms with E-state index in [2.05, 4.69) is 38.5 Å². The van der Waals surface area contributed by atoms with E-state index in [1.165, 1.54) is 3.57 Å². The summed E-state index contributed by atoms with van der Waals surface area (Å²) >= 11 is 5.69. The molecule has 0 saturated heterocycles. The number of aliphatic hydroxyl groups is 1. The summed E-state index contributed by atoms with van der Waals surface area (Å²) in [4.78, 5) is 0. The number of hydrogen-bond donors (Lipinski definition) is 1. The van der Waals surface area contributed by atoms with Crippen LogP contribution in [0.15, 0.2) is 22.7 Å². The first kappa shape index (κ1) is 9.48. The van der Waals surface area contributed by atoms with Crippen LogP contribution in [0.3, 0.4) is 0 Å². The van der Waals surface area contributed by atoms with Gasteiger partial charge in [-0.25, -0.2) is 0 Å². The predicted octanol–water partition coefficient (Wildman–Crippen LogP) is 2.59. The van der Waals surface area contributed by atoms with Crippen LogP contribution in [-0.4, -0.2) is 11.7 Å². The SMILES string of the molecule is OCCc1ccc(I)cc1Br. The van der Waals surface area contributed by atoms with Gasteiger partial charge in [-0.05, 0) is 46.7 Å². The highest BCUT2D eigenvalue weighted by molar-refractivity contribution is 14.1. The van der Waals surface area contributed by atoms with E-state index in [1.807, 2.05) is 18.2 Å². The molecule has 1 aromatic rings. The third-order valence-electron chi connectivity index (χ3n) is 1.40. The van der Waals surface area contributed by atoms with Crippen LogP contribution in [0.25, 0.3) is 0 Å². The molecule has 1 rings (SSSR count). The summed E-state index contributed by atoms with van der Waals surface area (Å²) in [5.74, 6) is 0. The van der Waals surface area contributed by atoms with Gasteiger partial charge >= 0.3 is 0 Å². The number of aliphatic hydroxyl groups excluding tert-OH is 1. The van der Waals surface area contributed by atoms with Crippen molar-refractivity contribution in [2.75, 3.05) is 6.61 Å². The highest BCUT2D eigenvalue weighted by atomic mass is 127. The second kappa shape index (κ2) is 4.42. The van der Waals surface area contributed by atoms with Crippen molar-refractivity contribution < 1.29 is 5.11 Å². The molecule has 11 heavy (non-hydrogen) atoms. The summed E-state index contributed by atoms with van der Waals surface area (Å²) in [5, 5.41) is 8.69. The van der Waals surface area contributed by atoms with Crippen molar-refractivity contribution in [2.45, 2.75) is 6.42 Å². The van der Waals surface area contributed by atoms with Crippen molar-refractivity contribution in [2.24, 2.45) is 0 Å². The summed E-state index contributed by atoms with van der Waals surface area (Å²) in [6.07, 6.45) is 0.720. The summed E-state index contributed by atoms with van der Waals surface area (Å²) < 4.78 is 2.29. The lowest BCUT2D eigenvalue weighted by Gasteiger charge is -2.01. The van der Waals surface area contributed by atoms with Gasteiger partial charge in [-0.3, -0.25) is 0 Å². The molecule has 0 aliphatic carbocycles. The minimum atomic E-state index is 0.208. The maximum Gasteiger partial charge on any atom is 0.0471 e. The Hall–Kier alpha value is 0.390. The van der Waals surface area contributed by atoms with E-state index in [0.717, 1.165) is 16.5 Å². The molecule has 0 amide bonds. The van der Waals surface area contributed by atoms with Crippen molar-refractivity contribution in [1.29, 1.82) is 0 Å². The fourth-order valence-electron chi connectivity index (χ4n) is 0.845. The first-order valence-corrected chi connectivity index (χ1v) is 5.16. The highest BCUT2D eigenvalue weighted by Crippen LogP contribution is 2.19. The fraction of sp³-hybridized carbons (Fsp3) is 0.250. The Bertz CT molecular complexity index is 250. The molecule has 1 aromatic carbocycles.